The number of carbonyl (C=O) groups excluding carboxylic acids is 1. The van der Waals surface area contributed by atoms with Gasteiger partial charge in [0.25, 0.3) is 0 Å². The molecular formula is C21H23N7O2. The summed E-state index contributed by atoms with van der Waals surface area (Å²) in [5.74, 6) is 2.38. The lowest BCUT2D eigenvalue weighted by Crippen LogP contribution is -2.29. The molecule has 0 saturated heterocycles. The Morgan fingerprint density at radius 3 is 2.80 bits per heavy atom. The smallest absolute Gasteiger partial charge is 0.248 e. The van der Waals surface area contributed by atoms with Crippen molar-refractivity contribution < 1.29 is 9.21 Å². The molecule has 0 atom stereocenters. The van der Waals surface area contributed by atoms with Crippen LogP contribution in [0.3, 0.4) is 0 Å². The molecule has 9 heteroatoms. The molecular weight excluding hydrogens is 382 g/mol. The summed E-state index contributed by atoms with van der Waals surface area (Å²) in [6, 6.07) is 7.60. The van der Waals surface area contributed by atoms with Gasteiger partial charge in [-0.25, -0.2) is 19.5 Å². The molecule has 154 valence electrons. The fraction of sp³-hybridized carbons (Fsp3) is 0.381. The maximum absolute atomic E-state index is 11.2. The molecule has 9 nitrogen and oxygen atoms in total. The third kappa shape index (κ3) is 3.26. The Kier molecular flexibility index (Phi) is 4.57. The second-order valence-electron chi connectivity index (χ2n) is 7.87. The number of oxazole rings is 1. The molecule has 1 amide bonds. The van der Waals surface area contributed by atoms with Crippen molar-refractivity contribution in [1.29, 1.82) is 0 Å². The lowest BCUT2D eigenvalue weighted by atomic mass is 9.81. The minimum absolute atomic E-state index is 0.0199. The second kappa shape index (κ2) is 7.40. The zero-order valence-electron chi connectivity index (χ0n) is 16.7. The number of benzene rings is 1. The predicted molar refractivity (Wildman–Crippen MR) is 112 cm³/mol. The molecule has 4 aromatic rings. The summed E-state index contributed by atoms with van der Waals surface area (Å²) in [4.78, 5) is 24.8. The Bertz CT molecular complexity index is 1190. The Morgan fingerprint density at radius 1 is 1.23 bits per heavy atom. The molecule has 1 aromatic carbocycles. The number of fused-ring (bicyclic) bond motifs is 2. The van der Waals surface area contributed by atoms with E-state index in [1.165, 1.54) is 6.33 Å². The van der Waals surface area contributed by atoms with E-state index in [0.717, 1.165) is 43.6 Å². The minimum atomic E-state index is 0.0199. The van der Waals surface area contributed by atoms with Crippen molar-refractivity contribution in [3.8, 4) is 11.6 Å². The van der Waals surface area contributed by atoms with Gasteiger partial charge in [0.2, 0.25) is 11.8 Å². The van der Waals surface area contributed by atoms with Crippen LogP contribution in [0.5, 0.6) is 0 Å². The van der Waals surface area contributed by atoms with Gasteiger partial charge in [-0.05, 0) is 43.7 Å². The van der Waals surface area contributed by atoms with Gasteiger partial charge >= 0.3 is 0 Å². The van der Waals surface area contributed by atoms with Crippen molar-refractivity contribution in [3.05, 3.63) is 36.4 Å². The van der Waals surface area contributed by atoms with E-state index >= 15 is 0 Å². The van der Waals surface area contributed by atoms with Crippen LogP contribution in [0.15, 0.2) is 35.0 Å². The molecule has 1 aliphatic rings. The first-order valence-electron chi connectivity index (χ1n) is 10.2. The second-order valence-corrected chi connectivity index (χ2v) is 7.87. The number of rotatable bonds is 4. The number of nitrogens with two attached hydrogens (primary N) is 1. The van der Waals surface area contributed by atoms with Crippen LogP contribution >= 0.6 is 0 Å². The van der Waals surface area contributed by atoms with Crippen LogP contribution in [0.2, 0.25) is 0 Å². The molecule has 0 spiro atoms. The van der Waals surface area contributed by atoms with Crippen molar-refractivity contribution >= 4 is 28.3 Å². The number of nitrogens with one attached hydrogen (secondary N) is 1. The van der Waals surface area contributed by atoms with Crippen LogP contribution < -0.4 is 11.1 Å². The lowest BCUT2D eigenvalue weighted by Gasteiger charge is -2.27. The largest absolute Gasteiger partial charge is 0.435 e. The Balaban J connectivity index is 1.50. The van der Waals surface area contributed by atoms with Gasteiger partial charge in [-0.1, -0.05) is 12.1 Å². The van der Waals surface area contributed by atoms with Gasteiger partial charge in [0.05, 0.1) is 0 Å². The van der Waals surface area contributed by atoms with E-state index in [0.29, 0.717) is 34.4 Å². The van der Waals surface area contributed by atoms with E-state index in [9.17, 15) is 4.79 Å². The number of aromatic nitrogens is 5. The quantitative estimate of drug-likeness (QED) is 0.535. The molecule has 30 heavy (non-hydrogen) atoms. The van der Waals surface area contributed by atoms with Gasteiger partial charge in [-0.15, -0.1) is 0 Å². The van der Waals surface area contributed by atoms with Crippen LogP contribution in [-0.2, 0) is 4.79 Å². The van der Waals surface area contributed by atoms with Crippen LogP contribution in [-0.4, -0.2) is 37.0 Å². The van der Waals surface area contributed by atoms with E-state index in [4.69, 9.17) is 15.1 Å². The van der Waals surface area contributed by atoms with Crippen LogP contribution in [0.4, 0.5) is 5.82 Å². The van der Waals surface area contributed by atoms with Gasteiger partial charge in [0, 0.05) is 19.4 Å². The molecule has 3 heterocycles. The summed E-state index contributed by atoms with van der Waals surface area (Å²) in [5, 5.41) is 7.36. The fourth-order valence-electron chi connectivity index (χ4n) is 4.28. The van der Waals surface area contributed by atoms with Crippen molar-refractivity contribution in [2.45, 2.75) is 38.5 Å². The molecule has 1 fully saturated rings. The van der Waals surface area contributed by atoms with Crippen molar-refractivity contribution in [3.63, 3.8) is 0 Å². The van der Waals surface area contributed by atoms with Gasteiger partial charge in [0.15, 0.2) is 17.1 Å². The number of nitrogen functional groups attached to an aromatic ring is 1. The fourth-order valence-corrected chi connectivity index (χ4v) is 4.28. The van der Waals surface area contributed by atoms with E-state index < -0.39 is 0 Å². The number of nitrogens with zero attached hydrogens (tertiary/aromatic N) is 5. The van der Waals surface area contributed by atoms with Gasteiger partial charge < -0.3 is 15.5 Å². The third-order valence-corrected chi connectivity index (χ3v) is 5.83. The zero-order chi connectivity index (χ0) is 20.7. The molecule has 1 saturated carbocycles. The van der Waals surface area contributed by atoms with Crippen molar-refractivity contribution in [2.24, 2.45) is 5.92 Å². The number of carbonyl (C=O) groups is 1. The molecule has 0 radical (unpaired) electrons. The molecule has 5 rings (SSSR count). The first-order valence-corrected chi connectivity index (χ1v) is 10.2. The molecule has 1 aliphatic carbocycles. The normalized spacial score (nSPS) is 19.4. The Hall–Kier alpha value is -3.49. The van der Waals surface area contributed by atoms with E-state index in [-0.39, 0.29) is 11.8 Å². The predicted octanol–water partition coefficient (Wildman–Crippen LogP) is 2.92. The van der Waals surface area contributed by atoms with Crippen LogP contribution in [0.1, 0.15) is 44.3 Å². The Morgan fingerprint density at radius 2 is 2.03 bits per heavy atom. The van der Waals surface area contributed by atoms with E-state index in [2.05, 4.69) is 20.4 Å². The summed E-state index contributed by atoms with van der Waals surface area (Å²) < 4.78 is 7.73. The number of para-hydroxylation sites is 2. The van der Waals surface area contributed by atoms with E-state index in [1.54, 1.807) is 11.4 Å². The summed E-state index contributed by atoms with van der Waals surface area (Å²) in [7, 11) is 0. The van der Waals surface area contributed by atoms with Crippen molar-refractivity contribution in [1.82, 2.24) is 29.9 Å². The molecule has 0 unspecified atom stereocenters. The molecule has 0 aliphatic heterocycles. The van der Waals surface area contributed by atoms with Gasteiger partial charge in [0.1, 0.15) is 23.2 Å². The maximum atomic E-state index is 11.2. The molecule has 3 N–H and O–H groups in total. The summed E-state index contributed by atoms with van der Waals surface area (Å²) in [6.45, 7) is 2.29. The minimum Gasteiger partial charge on any atom is -0.435 e. The van der Waals surface area contributed by atoms with E-state index in [1.807, 2.05) is 24.3 Å². The van der Waals surface area contributed by atoms with Crippen molar-refractivity contribution in [2.75, 3.05) is 12.3 Å². The SMILES string of the molecule is CC(=O)NCC1CCC(c2nc(-c3nc4ccccc4o3)c3c(N)ncnn23)CC1. The zero-order valence-corrected chi connectivity index (χ0v) is 16.7. The first-order chi connectivity index (χ1) is 14.6. The summed E-state index contributed by atoms with van der Waals surface area (Å²) in [6.07, 6.45) is 5.45. The third-order valence-electron chi connectivity index (χ3n) is 5.83. The maximum Gasteiger partial charge on any atom is 0.248 e. The number of amides is 1. The average Bonchev–Trinajstić information content (AvgIpc) is 3.35. The van der Waals surface area contributed by atoms with Crippen LogP contribution in [0, 0.1) is 5.92 Å². The number of anilines is 1. The first kappa shape index (κ1) is 18.5. The van der Waals surface area contributed by atoms with Crippen LogP contribution in [0.25, 0.3) is 28.2 Å². The van der Waals surface area contributed by atoms with Gasteiger partial charge in [-0.3, -0.25) is 4.79 Å². The molecule has 0 bridgehead atoms. The summed E-state index contributed by atoms with van der Waals surface area (Å²) in [5.41, 5.74) is 8.86. The number of hydrogen-bond acceptors (Lipinski definition) is 7. The monoisotopic (exact) mass is 405 g/mol. The Labute approximate surface area is 172 Å². The highest BCUT2D eigenvalue weighted by Gasteiger charge is 2.29. The summed E-state index contributed by atoms with van der Waals surface area (Å²) >= 11 is 0. The molecule has 3 aromatic heterocycles. The standard InChI is InChI=1S/C21H23N7O2/c1-12(29)23-10-13-6-8-14(9-7-13)20-27-17(18-19(22)24-11-25-28(18)20)21-26-15-4-2-3-5-16(15)30-21/h2-5,11,13-14H,6-10H2,1H3,(H,23,29)(H2,22,24,25). The lowest BCUT2D eigenvalue weighted by molar-refractivity contribution is -0.119. The number of hydrogen-bond donors (Lipinski definition) is 2. The highest BCUT2D eigenvalue weighted by atomic mass is 16.3. The van der Waals surface area contributed by atoms with Gasteiger partial charge in [-0.2, -0.15) is 5.10 Å². The average molecular weight is 405 g/mol. The number of imidazole rings is 1. The highest BCUT2D eigenvalue weighted by Crippen LogP contribution is 2.38. The highest BCUT2D eigenvalue weighted by molar-refractivity contribution is 5.84. The topological polar surface area (TPSA) is 124 Å².